The molecular weight excluding hydrogens is 432 g/mol. The Kier molecular flexibility index (Phi) is 7.29. The number of benzene rings is 2. The number of rotatable bonds is 9. The van der Waals surface area contributed by atoms with Crippen LogP contribution in [0.25, 0.3) is 0 Å². The molecule has 15 heteroatoms. The molecule has 0 unspecified atom stereocenters. The van der Waals surface area contributed by atoms with Gasteiger partial charge in [-0.25, -0.2) is 4.79 Å². The Labute approximate surface area is 180 Å². The molecule has 2 aromatic carbocycles. The standard InChI is InChI=1S/C17H24N6O9/c1-28-14(24)12-9(4-5-10(13(12)18)30-15(19)20)29-8-3-2-7(31-16(21,22)23)6-11(8)32-17(25,26)27/h2-6,15,25-27H,18-23H2,1H3. The first-order valence-corrected chi connectivity index (χ1v) is 8.62. The Morgan fingerprint density at radius 1 is 0.938 bits per heavy atom. The second-order valence-corrected chi connectivity index (χ2v) is 6.27. The summed E-state index contributed by atoms with van der Waals surface area (Å²) in [5.74, 6) is -4.02. The molecule has 0 radical (unpaired) electrons. The molecule has 0 aliphatic carbocycles. The average Bonchev–Trinajstić information content (AvgIpc) is 2.62. The van der Waals surface area contributed by atoms with Crippen LogP contribution in [0, 0.1) is 0 Å². The second kappa shape index (κ2) is 9.39. The number of carbonyl (C=O) groups excluding carboxylic acids is 1. The highest BCUT2D eigenvalue weighted by Crippen LogP contribution is 2.40. The van der Waals surface area contributed by atoms with Crippen molar-refractivity contribution in [2.75, 3.05) is 12.8 Å². The van der Waals surface area contributed by atoms with E-state index in [9.17, 15) is 20.1 Å². The zero-order valence-corrected chi connectivity index (χ0v) is 16.7. The lowest BCUT2D eigenvalue weighted by atomic mass is 10.1. The number of carbonyl (C=O) groups is 1. The first kappa shape index (κ1) is 24.9. The van der Waals surface area contributed by atoms with Crippen LogP contribution in [0.5, 0.6) is 28.7 Å². The van der Waals surface area contributed by atoms with Crippen LogP contribution >= 0.6 is 0 Å². The summed E-state index contributed by atoms with van der Waals surface area (Å²) in [5.41, 5.74) is 32.3. The Bertz CT molecular complexity index is 972. The maximum absolute atomic E-state index is 12.3. The predicted molar refractivity (Wildman–Crippen MR) is 107 cm³/mol. The van der Waals surface area contributed by atoms with Crippen LogP contribution in [0.4, 0.5) is 5.69 Å². The van der Waals surface area contributed by atoms with E-state index in [0.717, 1.165) is 13.2 Å². The number of aliphatic hydroxyl groups is 3. The van der Waals surface area contributed by atoms with Gasteiger partial charge >= 0.3 is 12.1 Å². The van der Waals surface area contributed by atoms with Crippen molar-refractivity contribution in [1.82, 2.24) is 0 Å². The monoisotopic (exact) mass is 456 g/mol. The van der Waals surface area contributed by atoms with Gasteiger partial charge in [-0.15, -0.1) is 0 Å². The number of nitrogens with two attached hydrogens (primary N) is 6. The molecule has 32 heavy (non-hydrogen) atoms. The van der Waals surface area contributed by atoms with Crippen molar-refractivity contribution in [2.24, 2.45) is 28.7 Å². The van der Waals surface area contributed by atoms with Crippen molar-refractivity contribution in [2.45, 2.75) is 18.5 Å². The molecule has 0 fully saturated rings. The lowest BCUT2D eigenvalue weighted by Crippen LogP contribution is -2.62. The van der Waals surface area contributed by atoms with E-state index < -0.39 is 30.2 Å². The van der Waals surface area contributed by atoms with Gasteiger partial charge in [0.05, 0.1) is 12.8 Å². The highest BCUT2D eigenvalue weighted by atomic mass is 16.9. The number of nitrogen functional groups attached to an aromatic ring is 1. The first-order chi connectivity index (χ1) is 14.7. The molecular formula is C17H24N6O9. The van der Waals surface area contributed by atoms with E-state index in [4.69, 9.17) is 53.3 Å². The molecule has 0 aliphatic rings. The topological polar surface area (TPSA) is 280 Å². The molecule has 2 aromatic rings. The molecule has 0 saturated carbocycles. The summed E-state index contributed by atoms with van der Waals surface area (Å²) < 4.78 is 25.1. The van der Waals surface area contributed by atoms with Gasteiger partial charge < -0.3 is 44.7 Å². The smallest absolute Gasteiger partial charge is 0.453 e. The average molecular weight is 456 g/mol. The molecule has 0 aromatic heterocycles. The quantitative estimate of drug-likeness (QED) is 0.105. The Hall–Kier alpha value is -3.41. The predicted octanol–water partition coefficient (Wildman–Crippen LogP) is -2.74. The van der Waals surface area contributed by atoms with Crippen LogP contribution < -0.4 is 53.3 Å². The summed E-state index contributed by atoms with van der Waals surface area (Å²) in [4.78, 5) is 12.3. The Morgan fingerprint density at radius 2 is 1.53 bits per heavy atom. The van der Waals surface area contributed by atoms with Gasteiger partial charge in [0, 0.05) is 6.07 Å². The molecule has 176 valence electrons. The largest absolute Gasteiger partial charge is 0.465 e. The first-order valence-electron chi connectivity index (χ1n) is 8.62. The third kappa shape index (κ3) is 6.80. The van der Waals surface area contributed by atoms with E-state index in [2.05, 4.69) is 4.74 Å². The van der Waals surface area contributed by atoms with Crippen molar-refractivity contribution in [3.8, 4) is 28.7 Å². The summed E-state index contributed by atoms with van der Waals surface area (Å²) in [7, 11) is 1.10. The third-order valence-electron chi connectivity index (χ3n) is 3.50. The Morgan fingerprint density at radius 3 is 2.06 bits per heavy atom. The van der Waals surface area contributed by atoms with Crippen molar-refractivity contribution in [1.29, 1.82) is 0 Å². The summed E-state index contributed by atoms with van der Waals surface area (Å²) in [5, 5.41) is 27.6. The third-order valence-corrected chi connectivity index (χ3v) is 3.50. The van der Waals surface area contributed by atoms with Gasteiger partial charge in [-0.05, 0) is 24.3 Å². The molecule has 0 spiro atoms. The van der Waals surface area contributed by atoms with E-state index in [-0.39, 0.29) is 34.2 Å². The van der Waals surface area contributed by atoms with E-state index >= 15 is 0 Å². The van der Waals surface area contributed by atoms with Gasteiger partial charge in [0.1, 0.15) is 22.8 Å². The molecule has 0 heterocycles. The van der Waals surface area contributed by atoms with E-state index in [1.165, 1.54) is 24.3 Å². The second-order valence-electron chi connectivity index (χ2n) is 6.27. The number of esters is 1. The number of methoxy groups -OCH3 is 1. The van der Waals surface area contributed by atoms with Crippen molar-refractivity contribution in [3.05, 3.63) is 35.9 Å². The fourth-order valence-electron chi connectivity index (χ4n) is 2.41. The van der Waals surface area contributed by atoms with Crippen molar-refractivity contribution in [3.63, 3.8) is 0 Å². The van der Waals surface area contributed by atoms with Crippen molar-refractivity contribution < 1.29 is 43.8 Å². The Balaban J connectivity index is 2.54. The van der Waals surface area contributed by atoms with E-state index in [1.807, 2.05) is 0 Å². The van der Waals surface area contributed by atoms with E-state index in [0.29, 0.717) is 0 Å². The number of hydrogen-bond donors (Lipinski definition) is 9. The highest BCUT2D eigenvalue weighted by molar-refractivity contribution is 5.99. The molecule has 0 amide bonds. The van der Waals surface area contributed by atoms with Gasteiger partial charge in [-0.1, -0.05) is 0 Å². The minimum absolute atomic E-state index is 0.0294. The maximum atomic E-state index is 12.3. The summed E-state index contributed by atoms with van der Waals surface area (Å²) in [6.07, 6.45) is -4.84. The van der Waals surface area contributed by atoms with Crippen molar-refractivity contribution >= 4 is 11.7 Å². The maximum Gasteiger partial charge on any atom is 0.453 e. The molecule has 0 saturated heterocycles. The molecule has 0 atom stereocenters. The minimum atomic E-state index is -3.61. The van der Waals surface area contributed by atoms with Crippen LogP contribution in [0.1, 0.15) is 10.4 Å². The summed E-state index contributed by atoms with van der Waals surface area (Å²) in [6.45, 7) is 0. The summed E-state index contributed by atoms with van der Waals surface area (Å²) >= 11 is 0. The highest BCUT2D eigenvalue weighted by Gasteiger charge is 2.27. The zero-order valence-electron chi connectivity index (χ0n) is 16.7. The van der Waals surface area contributed by atoms with Gasteiger partial charge in [-0.3, -0.25) is 28.7 Å². The molecule has 0 aliphatic heterocycles. The van der Waals surface area contributed by atoms with Crippen LogP contribution in [-0.4, -0.2) is 46.9 Å². The SMILES string of the molecule is COC(=O)c1c(Oc2ccc(OC(N)(N)N)cc2OC(O)(O)O)ccc(OC(N)N)c1N. The molecule has 2 rings (SSSR count). The van der Waals surface area contributed by atoms with Crippen LogP contribution in [0.2, 0.25) is 0 Å². The van der Waals surface area contributed by atoms with Gasteiger partial charge in [0.25, 0.3) is 5.97 Å². The fraction of sp³-hybridized carbons (Fsp3) is 0.235. The number of hydrogen-bond acceptors (Lipinski definition) is 15. The molecule has 15 nitrogen and oxygen atoms in total. The lowest BCUT2D eigenvalue weighted by Gasteiger charge is -2.23. The van der Waals surface area contributed by atoms with E-state index in [1.54, 1.807) is 0 Å². The van der Waals surface area contributed by atoms with Crippen LogP contribution in [-0.2, 0) is 4.74 Å². The normalized spacial score (nSPS) is 11.8. The fourth-order valence-corrected chi connectivity index (χ4v) is 2.41. The van der Waals surface area contributed by atoms with Crippen LogP contribution in [0.3, 0.4) is 0 Å². The summed E-state index contributed by atoms with van der Waals surface area (Å²) in [6, 6.07) is 6.05. The molecule has 0 bridgehead atoms. The number of ether oxygens (including phenoxy) is 5. The number of anilines is 1. The van der Waals surface area contributed by atoms with Gasteiger partial charge in [-0.2, -0.15) is 0 Å². The lowest BCUT2D eigenvalue weighted by molar-refractivity contribution is -0.419. The minimum Gasteiger partial charge on any atom is -0.465 e. The van der Waals surface area contributed by atoms with Crippen LogP contribution in [0.15, 0.2) is 30.3 Å². The van der Waals surface area contributed by atoms with Gasteiger partial charge in [0.15, 0.2) is 11.5 Å². The van der Waals surface area contributed by atoms with Gasteiger partial charge in [0.2, 0.25) is 6.35 Å². The molecule has 15 N–H and O–H groups in total. The zero-order chi connectivity index (χ0) is 24.3.